The third-order valence-electron chi connectivity index (χ3n) is 13.4. The van der Waals surface area contributed by atoms with Crippen molar-refractivity contribution in [3.8, 4) is 33.5 Å². The Bertz CT molecular complexity index is 3490. The number of nitrogens with one attached hydrogen (secondary N) is 1. The molecule has 1 N–H and O–H groups in total. The molecule has 9 aromatic carbocycles. The maximum absolute atomic E-state index is 5.55. The number of nitrogens with zero attached hydrogens (tertiary/aromatic N) is 2. The van der Waals surface area contributed by atoms with Crippen LogP contribution in [0.4, 0.5) is 0 Å². The highest BCUT2D eigenvalue weighted by molar-refractivity contribution is 7.99. The van der Waals surface area contributed by atoms with E-state index in [2.05, 4.69) is 224 Å². The van der Waals surface area contributed by atoms with E-state index in [1.807, 2.05) is 17.8 Å². The van der Waals surface area contributed by atoms with Crippen molar-refractivity contribution in [2.75, 3.05) is 0 Å². The van der Waals surface area contributed by atoms with E-state index < -0.39 is 5.41 Å². The highest BCUT2D eigenvalue weighted by atomic mass is 32.2. The van der Waals surface area contributed by atoms with Crippen LogP contribution in [0, 0.1) is 0 Å². The molecule has 64 heavy (non-hydrogen) atoms. The molecule has 1 unspecified atom stereocenters. The van der Waals surface area contributed by atoms with Gasteiger partial charge in [-0.3, -0.25) is 0 Å². The molecule has 4 heteroatoms. The molecular formula is C60H39N3S. The van der Waals surface area contributed by atoms with Crippen molar-refractivity contribution < 1.29 is 0 Å². The Morgan fingerprint density at radius 2 is 1.03 bits per heavy atom. The summed E-state index contributed by atoms with van der Waals surface area (Å²) in [5, 5.41) is 7.24. The Labute approximate surface area is 376 Å². The molecule has 3 nitrogen and oxygen atoms in total. The smallest absolute Gasteiger partial charge is 0.134 e. The second-order valence-electron chi connectivity index (χ2n) is 16.8. The Kier molecular flexibility index (Phi) is 8.43. The number of benzene rings is 9. The topological polar surface area (TPSA) is 37.3 Å². The fourth-order valence-corrected chi connectivity index (χ4v) is 11.7. The lowest BCUT2D eigenvalue weighted by molar-refractivity contribution is 0.723. The van der Waals surface area contributed by atoms with Gasteiger partial charge < -0.3 is 5.32 Å². The molecule has 0 saturated carbocycles. The fraction of sp³-hybridized carbons (Fsp3) is 0.0333. The Hall–Kier alpha value is -7.79. The van der Waals surface area contributed by atoms with Gasteiger partial charge in [-0.15, -0.1) is 0 Å². The van der Waals surface area contributed by atoms with Gasteiger partial charge in [0.2, 0.25) is 0 Å². The minimum Gasteiger partial charge on any atom is -0.359 e. The first-order valence-corrected chi connectivity index (χ1v) is 22.8. The number of aliphatic imine (C=N–C) groups is 1. The van der Waals surface area contributed by atoms with E-state index in [1.54, 1.807) is 0 Å². The van der Waals surface area contributed by atoms with E-state index in [0.717, 1.165) is 61.3 Å². The molecule has 3 heterocycles. The van der Waals surface area contributed by atoms with Crippen LogP contribution in [0.5, 0.6) is 0 Å². The minimum absolute atomic E-state index is 0.00596. The molecule has 0 saturated heterocycles. The van der Waals surface area contributed by atoms with Crippen molar-refractivity contribution in [2.24, 2.45) is 4.99 Å². The molecule has 1 atom stereocenters. The molecular weight excluding hydrogens is 795 g/mol. The summed E-state index contributed by atoms with van der Waals surface area (Å²) in [5.41, 5.74) is 17.1. The van der Waals surface area contributed by atoms with Crippen LogP contribution in [0.15, 0.2) is 239 Å². The molecule has 2 aliphatic heterocycles. The Balaban J connectivity index is 0.992. The average molecular weight is 834 g/mol. The lowest BCUT2D eigenvalue weighted by atomic mass is 9.67. The third kappa shape index (κ3) is 5.62. The maximum atomic E-state index is 5.55. The highest BCUT2D eigenvalue weighted by Crippen LogP contribution is 2.63. The molecule has 0 radical (unpaired) electrons. The molecule has 1 spiro atoms. The van der Waals surface area contributed by atoms with Crippen LogP contribution in [0.3, 0.4) is 0 Å². The molecule has 1 aromatic heterocycles. The molecule has 3 aliphatic rings. The van der Waals surface area contributed by atoms with Crippen molar-refractivity contribution in [1.29, 1.82) is 0 Å². The molecule has 300 valence electrons. The zero-order valence-electron chi connectivity index (χ0n) is 34.7. The number of hydrogen-bond donors (Lipinski definition) is 1. The standard InChI is InChI=1S/C60H39N3S/c1-4-16-39(17-5-1)51-37-52(63-59(62-51)42-20-8-3-9-21-42)40-30-28-38(29-31-40)43-32-33-45-53(36-43)61-58(41-18-6-2-7-19-41)46-34-35-50-57(56(45)46)44-22-10-11-23-47(44)60(50)48-24-12-14-26-54(48)64-55-27-15-13-25-49(55)60/h1-37,51H,(H,62,63). The van der Waals surface area contributed by atoms with Gasteiger partial charge >= 0.3 is 0 Å². The summed E-state index contributed by atoms with van der Waals surface area (Å²) in [4.78, 5) is 13.3. The fourth-order valence-electron chi connectivity index (χ4n) is 10.5. The number of fused-ring (bicyclic) bond motifs is 13. The summed E-state index contributed by atoms with van der Waals surface area (Å²) in [6.07, 6.45) is 2.23. The number of rotatable bonds is 5. The largest absolute Gasteiger partial charge is 0.359 e. The zero-order valence-corrected chi connectivity index (χ0v) is 35.6. The second kappa shape index (κ2) is 14.7. The van der Waals surface area contributed by atoms with Crippen LogP contribution in [0.2, 0.25) is 0 Å². The van der Waals surface area contributed by atoms with E-state index >= 15 is 0 Å². The molecule has 1 aliphatic carbocycles. The zero-order chi connectivity index (χ0) is 42.2. The Morgan fingerprint density at radius 3 is 1.75 bits per heavy atom. The van der Waals surface area contributed by atoms with Gasteiger partial charge in [0.15, 0.2) is 0 Å². The molecule has 13 rings (SSSR count). The number of pyridine rings is 1. The summed E-state index contributed by atoms with van der Waals surface area (Å²) >= 11 is 1.88. The van der Waals surface area contributed by atoms with Gasteiger partial charge in [0.1, 0.15) is 5.84 Å². The lowest BCUT2D eigenvalue weighted by Gasteiger charge is -2.39. The van der Waals surface area contributed by atoms with Crippen LogP contribution in [0.1, 0.15) is 45.0 Å². The van der Waals surface area contributed by atoms with Crippen LogP contribution < -0.4 is 5.32 Å². The average Bonchev–Trinajstić information content (AvgIpc) is 3.67. The maximum Gasteiger partial charge on any atom is 0.134 e. The van der Waals surface area contributed by atoms with Gasteiger partial charge in [-0.1, -0.05) is 212 Å². The van der Waals surface area contributed by atoms with Crippen LogP contribution in [-0.2, 0) is 5.41 Å². The van der Waals surface area contributed by atoms with E-state index in [4.69, 9.17) is 9.98 Å². The second-order valence-corrected chi connectivity index (χ2v) is 17.9. The van der Waals surface area contributed by atoms with E-state index in [9.17, 15) is 0 Å². The van der Waals surface area contributed by atoms with Gasteiger partial charge in [0.25, 0.3) is 0 Å². The third-order valence-corrected chi connectivity index (χ3v) is 14.5. The summed E-state index contributed by atoms with van der Waals surface area (Å²) in [6.45, 7) is 0. The molecule has 10 aromatic rings. The number of amidine groups is 1. The van der Waals surface area contributed by atoms with Crippen molar-refractivity contribution >= 4 is 45.0 Å². The normalized spacial score (nSPS) is 15.4. The van der Waals surface area contributed by atoms with Gasteiger partial charge in [0.05, 0.1) is 28.4 Å². The first kappa shape index (κ1) is 36.8. The number of hydrogen-bond acceptors (Lipinski definition) is 4. The SMILES string of the molecule is C1=C(c2ccc(-c3ccc4c(c3)nc(-c3ccccc3)c3ccc5c(c34)-c3ccccc3C53c4ccccc4Sc4ccccc43)cc2)N=C(c2ccccc2)NC1c1ccccc1. The number of aromatic nitrogens is 1. The van der Waals surface area contributed by atoms with Gasteiger partial charge in [0, 0.05) is 37.1 Å². The first-order valence-electron chi connectivity index (χ1n) is 21.9. The predicted octanol–water partition coefficient (Wildman–Crippen LogP) is 14.7. The van der Waals surface area contributed by atoms with Crippen LogP contribution in [0.25, 0.3) is 60.9 Å². The first-order chi connectivity index (χ1) is 31.7. The van der Waals surface area contributed by atoms with Crippen LogP contribution in [-0.4, -0.2) is 10.8 Å². The minimum atomic E-state index is -0.459. The summed E-state index contributed by atoms with van der Waals surface area (Å²) in [6, 6.07) is 79.3. The van der Waals surface area contributed by atoms with E-state index in [-0.39, 0.29) is 6.04 Å². The van der Waals surface area contributed by atoms with Crippen molar-refractivity contribution in [2.45, 2.75) is 21.2 Å². The van der Waals surface area contributed by atoms with Gasteiger partial charge in [-0.25, -0.2) is 9.98 Å². The van der Waals surface area contributed by atoms with Crippen molar-refractivity contribution in [1.82, 2.24) is 10.3 Å². The molecule has 0 amide bonds. The summed E-state index contributed by atoms with van der Waals surface area (Å²) < 4.78 is 0. The van der Waals surface area contributed by atoms with E-state index in [0.29, 0.717) is 0 Å². The molecule has 0 bridgehead atoms. The van der Waals surface area contributed by atoms with Crippen molar-refractivity contribution in [3.05, 3.63) is 263 Å². The predicted molar refractivity (Wildman–Crippen MR) is 265 cm³/mol. The Morgan fingerprint density at radius 1 is 0.453 bits per heavy atom. The van der Waals surface area contributed by atoms with Gasteiger partial charge in [-0.2, -0.15) is 0 Å². The quantitative estimate of drug-likeness (QED) is 0.176. The van der Waals surface area contributed by atoms with Crippen LogP contribution >= 0.6 is 11.8 Å². The van der Waals surface area contributed by atoms with E-state index in [1.165, 1.54) is 54.1 Å². The lowest BCUT2D eigenvalue weighted by Crippen LogP contribution is -2.31. The van der Waals surface area contributed by atoms with Crippen molar-refractivity contribution in [3.63, 3.8) is 0 Å². The highest BCUT2D eigenvalue weighted by Gasteiger charge is 2.50. The summed E-state index contributed by atoms with van der Waals surface area (Å²) in [5.74, 6) is 0.869. The molecule has 0 fully saturated rings. The summed E-state index contributed by atoms with van der Waals surface area (Å²) in [7, 11) is 0. The monoisotopic (exact) mass is 833 g/mol. The van der Waals surface area contributed by atoms with Gasteiger partial charge in [-0.05, 0) is 79.9 Å².